The standard InChI is InChI=1S/C25H20NS3.C15H28O2.Ir/c1-25(2,3)20-14-17(13-16-9-12-29-24(16)20)21-22(27)18(7-10-26-21)19-6-4-5-15-8-11-28-23(15)19;1-7-14(5,8-2)12(16)11-13(17)15(6,9-3)10-4;/h4-12,14,27H,1-3H3;11,16H,7-10H2,1-6H3;/q-1;;/b;12-11-;. The largest absolute Gasteiger partial charge is 0.512 e. The van der Waals surface area contributed by atoms with Crippen molar-refractivity contribution >= 4 is 61.3 Å². The summed E-state index contributed by atoms with van der Waals surface area (Å²) in [6, 6.07) is 18.6. The topological polar surface area (TPSA) is 50.2 Å². The molecule has 0 spiro atoms. The number of hydrogen-bond acceptors (Lipinski definition) is 6. The molecular formula is C40H48IrNO2S3-. The van der Waals surface area contributed by atoms with Crippen LogP contribution >= 0.6 is 35.3 Å². The Balaban J connectivity index is 0.000000290. The van der Waals surface area contributed by atoms with E-state index < -0.39 is 0 Å². The van der Waals surface area contributed by atoms with Crippen molar-refractivity contribution in [2.24, 2.45) is 10.8 Å². The molecule has 0 fully saturated rings. The zero-order valence-electron chi connectivity index (χ0n) is 29.1. The van der Waals surface area contributed by atoms with Crippen LogP contribution in [0.3, 0.4) is 0 Å². The molecule has 7 heteroatoms. The molecule has 5 rings (SSSR count). The second-order valence-corrected chi connectivity index (χ2v) is 15.9. The van der Waals surface area contributed by atoms with Gasteiger partial charge in [0.2, 0.25) is 0 Å². The third-order valence-electron chi connectivity index (χ3n) is 9.83. The zero-order valence-corrected chi connectivity index (χ0v) is 34.0. The number of allylic oxidation sites excluding steroid dienone is 2. The van der Waals surface area contributed by atoms with Gasteiger partial charge in [0, 0.05) is 64.1 Å². The second kappa shape index (κ2) is 16.0. The molecule has 0 saturated carbocycles. The minimum absolute atomic E-state index is 0. The molecule has 0 amide bonds. The van der Waals surface area contributed by atoms with Crippen LogP contribution in [0.5, 0.6) is 0 Å². The zero-order chi connectivity index (χ0) is 33.9. The first kappa shape index (κ1) is 39.2. The predicted molar refractivity (Wildman–Crippen MR) is 204 cm³/mol. The summed E-state index contributed by atoms with van der Waals surface area (Å²) >= 11 is 8.50. The van der Waals surface area contributed by atoms with Crippen molar-refractivity contribution in [2.45, 2.75) is 98.3 Å². The Kier molecular flexibility index (Phi) is 13.3. The Morgan fingerprint density at radius 2 is 1.49 bits per heavy atom. The monoisotopic (exact) mass is 863 g/mol. The molecule has 3 aromatic heterocycles. The molecule has 3 heterocycles. The summed E-state index contributed by atoms with van der Waals surface area (Å²) in [7, 11) is 0. The van der Waals surface area contributed by atoms with Crippen LogP contribution < -0.4 is 0 Å². The molecule has 0 aliphatic rings. The SMILES string of the molecule is CC(C)(C)c1cc(-c2nccc(-c3cccc4ccsc34)c2S)[c-]c2ccsc12.CCC(C)(CC)C(=O)/C=C(\O)C(C)(CC)CC.[Ir]. The number of ketones is 1. The number of thiophene rings is 2. The number of carbonyl (C=O) groups is 1. The van der Waals surface area contributed by atoms with Crippen LogP contribution in [0.25, 0.3) is 42.6 Å². The Morgan fingerprint density at radius 1 is 0.872 bits per heavy atom. The van der Waals surface area contributed by atoms with E-state index in [0.717, 1.165) is 52.8 Å². The average Bonchev–Trinajstić information content (AvgIpc) is 3.73. The molecule has 0 atom stereocenters. The number of aromatic nitrogens is 1. The fourth-order valence-electron chi connectivity index (χ4n) is 5.45. The normalized spacial score (nSPS) is 12.5. The van der Waals surface area contributed by atoms with E-state index in [4.69, 9.17) is 17.6 Å². The van der Waals surface area contributed by atoms with Crippen molar-refractivity contribution in [3.8, 4) is 22.4 Å². The predicted octanol–water partition coefficient (Wildman–Crippen LogP) is 12.9. The number of nitrogens with zero attached hydrogens (tertiary/aromatic N) is 1. The number of benzene rings is 2. The average molecular weight is 863 g/mol. The van der Waals surface area contributed by atoms with E-state index in [1.54, 1.807) is 22.7 Å². The van der Waals surface area contributed by atoms with Crippen molar-refractivity contribution in [3.05, 3.63) is 82.9 Å². The minimum atomic E-state index is -0.337. The fourth-order valence-corrected chi connectivity index (χ4v) is 7.83. The number of thiol groups is 1. The van der Waals surface area contributed by atoms with E-state index >= 15 is 0 Å². The maximum atomic E-state index is 12.2. The van der Waals surface area contributed by atoms with Gasteiger partial charge < -0.3 is 5.11 Å². The van der Waals surface area contributed by atoms with Crippen LogP contribution in [-0.4, -0.2) is 15.9 Å². The van der Waals surface area contributed by atoms with Crippen molar-refractivity contribution in [3.63, 3.8) is 0 Å². The quantitative estimate of drug-likeness (QED) is 0.0672. The summed E-state index contributed by atoms with van der Waals surface area (Å²) in [5.74, 6) is 0.286. The number of pyridine rings is 1. The van der Waals surface area contributed by atoms with Gasteiger partial charge in [0.25, 0.3) is 0 Å². The Morgan fingerprint density at radius 3 is 2.11 bits per heavy atom. The summed E-state index contributed by atoms with van der Waals surface area (Å²) in [4.78, 5) is 17.8. The summed E-state index contributed by atoms with van der Waals surface area (Å²) in [5.41, 5.74) is 4.99. The molecule has 253 valence electrons. The minimum Gasteiger partial charge on any atom is -0.512 e. The van der Waals surface area contributed by atoms with Gasteiger partial charge in [-0.05, 0) is 69.6 Å². The van der Waals surface area contributed by atoms with Gasteiger partial charge in [-0.1, -0.05) is 91.6 Å². The molecule has 1 radical (unpaired) electrons. The Bertz CT molecular complexity index is 1850. The molecule has 1 N–H and O–H groups in total. The van der Waals surface area contributed by atoms with E-state index in [2.05, 4.69) is 80.1 Å². The van der Waals surface area contributed by atoms with Crippen LogP contribution in [0.1, 0.15) is 93.6 Å². The Labute approximate surface area is 308 Å². The van der Waals surface area contributed by atoms with Gasteiger partial charge in [0.05, 0.1) is 0 Å². The van der Waals surface area contributed by atoms with E-state index in [9.17, 15) is 9.90 Å². The van der Waals surface area contributed by atoms with Crippen LogP contribution in [0.2, 0.25) is 0 Å². The Hall–Kier alpha value is -2.28. The van der Waals surface area contributed by atoms with Crippen molar-refractivity contribution in [1.82, 2.24) is 4.98 Å². The molecule has 47 heavy (non-hydrogen) atoms. The number of aliphatic hydroxyl groups is 1. The van der Waals surface area contributed by atoms with E-state index in [-0.39, 0.29) is 47.9 Å². The maximum absolute atomic E-state index is 12.2. The smallest absolute Gasteiger partial charge is 0.164 e. The molecule has 3 nitrogen and oxygen atoms in total. The molecule has 0 aliphatic carbocycles. The molecule has 0 unspecified atom stereocenters. The van der Waals surface area contributed by atoms with Crippen LogP contribution in [0.4, 0.5) is 0 Å². The third-order valence-corrected chi connectivity index (χ3v) is 12.2. The van der Waals surface area contributed by atoms with Gasteiger partial charge in [0.15, 0.2) is 5.78 Å². The summed E-state index contributed by atoms with van der Waals surface area (Å²) < 4.78 is 2.59. The van der Waals surface area contributed by atoms with Crippen molar-refractivity contribution in [1.29, 1.82) is 0 Å². The summed E-state index contributed by atoms with van der Waals surface area (Å²) in [5, 5.41) is 16.8. The van der Waals surface area contributed by atoms with Crippen molar-refractivity contribution in [2.75, 3.05) is 0 Å². The van der Waals surface area contributed by atoms with Crippen LogP contribution in [0, 0.1) is 16.9 Å². The van der Waals surface area contributed by atoms with Crippen LogP contribution in [0.15, 0.2) is 76.2 Å². The number of fused-ring (bicyclic) bond motifs is 2. The third kappa shape index (κ3) is 8.31. The number of rotatable bonds is 9. The maximum Gasteiger partial charge on any atom is 0.164 e. The first-order valence-corrected chi connectivity index (χ1v) is 18.5. The fraction of sp³-hybridized carbons (Fsp3) is 0.400. The van der Waals surface area contributed by atoms with Gasteiger partial charge in [-0.2, -0.15) is 11.3 Å². The summed E-state index contributed by atoms with van der Waals surface area (Å²) in [6.45, 7) is 18.9. The van der Waals surface area contributed by atoms with Crippen LogP contribution in [-0.2, 0) is 30.3 Å². The molecule has 0 saturated heterocycles. The number of carbonyl (C=O) groups excluding carboxylic acids is 1. The molecule has 2 aromatic carbocycles. The van der Waals surface area contributed by atoms with Gasteiger partial charge in [-0.15, -0.1) is 47.6 Å². The van der Waals surface area contributed by atoms with Gasteiger partial charge in [0.1, 0.15) is 5.76 Å². The van der Waals surface area contributed by atoms with E-state index in [1.165, 1.54) is 32.0 Å². The number of hydrogen-bond donors (Lipinski definition) is 2. The molecule has 5 aromatic rings. The van der Waals surface area contributed by atoms with E-state index in [0.29, 0.717) is 0 Å². The van der Waals surface area contributed by atoms with Gasteiger partial charge in [-0.3, -0.25) is 9.78 Å². The first-order chi connectivity index (χ1) is 21.7. The first-order valence-electron chi connectivity index (χ1n) is 16.3. The molecular weight excluding hydrogens is 815 g/mol. The van der Waals surface area contributed by atoms with Gasteiger partial charge in [-0.25, -0.2) is 0 Å². The van der Waals surface area contributed by atoms with Gasteiger partial charge >= 0.3 is 0 Å². The molecule has 0 aliphatic heterocycles. The van der Waals surface area contributed by atoms with E-state index in [1.807, 2.05) is 47.7 Å². The number of aliphatic hydroxyl groups excluding tert-OH is 1. The summed E-state index contributed by atoms with van der Waals surface area (Å²) in [6.07, 6.45) is 6.64. The van der Waals surface area contributed by atoms with Crippen molar-refractivity contribution < 1.29 is 30.0 Å². The molecule has 0 bridgehead atoms. The second-order valence-electron chi connectivity index (χ2n) is 13.6.